The Morgan fingerprint density at radius 2 is 2.00 bits per heavy atom. The summed E-state index contributed by atoms with van der Waals surface area (Å²) in [6.07, 6.45) is 1.59. The Bertz CT molecular complexity index is 1020. The van der Waals surface area contributed by atoms with E-state index in [9.17, 15) is 18.0 Å². The number of piperidine rings is 1. The number of carbonyl (C=O) groups excluding carboxylic acids is 2. The summed E-state index contributed by atoms with van der Waals surface area (Å²) < 4.78 is 36.9. The molecule has 1 aliphatic rings. The first kappa shape index (κ1) is 22.4. The Hall–Kier alpha value is -2.24. The van der Waals surface area contributed by atoms with Crippen LogP contribution in [0.4, 0.5) is 5.13 Å². The van der Waals surface area contributed by atoms with Gasteiger partial charge in [-0.15, -0.1) is 11.3 Å². The van der Waals surface area contributed by atoms with E-state index in [2.05, 4.69) is 10.3 Å². The highest BCUT2D eigenvalue weighted by molar-refractivity contribution is 7.89. The van der Waals surface area contributed by atoms with Crippen molar-refractivity contribution in [2.75, 3.05) is 25.0 Å². The van der Waals surface area contributed by atoms with Crippen molar-refractivity contribution in [1.29, 1.82) is 0 Å². The van der Waals surface area contributed by atoms with E-state index < -0.39 is 16.0 Å². The maximum absolute atomic E-state index is 12.8. The van der Waals surface area contributed by atoms with Crippen molar-refractivity contribution < 1.29 is 27.2 Å². The lowest BCUT2D eigenvalue weighted by atomic mass is 9.97. The van der Waals surface area contributed by atoms with Gasteiger partial charge in [0.2, 0.25) is 16.8 Å². The summed E-state index contributed by atoms with van der Waals surface area (Å²) in [7, 11) is -3.89. The van der Waals surface area contributed by atoms with Crippen LogP contribution in [0, 0.1) is 12.8 Å². The molecule has 1 N–H and O–H groups in total. The Kier molecular flexibility index (Phi) is 6.94. The van der Waals surface area contributed by atoms with Gasteiger partial charge in [-0.25, -0.2) is 18.2 Å². The number of amides is 1. The second kappa shape index (κ2) is 9.27. The number of aryl methyl sites for hydroxylation is 2. The number of furan rings is 1. The minimum Gasteiger partial charge on any atom is -0.460 e. The molecule has 1 fully saturated rings. The summed E-state index contributed by atoms with van der Waals surface area (Å²) in [6, 6.07) is 2.53. The molecule has 3 rings (SSSR count). The van der Waals surface area contributed by atoms with Crippen LogP contribution in [0.15, 0.2) is 21.6 Å². The number of nitrogens with one attached hydrogen (secondary N) is 1. The van der Waals surface area contributed by atoms with E-state index in [1.54, 1.807) is 6.92 Å². The van der Waals surface area contributed by atoms with Gasteiger partial charge in [-0.05, 0) is 45.2 Å². The smallest absolute Gasteiger partial charge is 0.374 e. The van der Waals surface area contributed by atoms with Crippen LogP contribution in [0.1, 0.15) is 47.8 Å². The van der Waals surface area contributed by atoms with Crippen molar-refractivity contribution in [3.63, 3.8) is 0 Å². The predicted octanol–water partition coefficient (Wildman–Crippen LogP) is 2.82. The molecule has 2 aromatic rings. The van der Waals surface area contributed by atoms with Crippen molar-refractivity contribution in [2.45, 2.75) is 45.1 Å². The highest BCUT2D eigenvalue weighted by atomic mass is 32.2. The molecule has 11 heteroatoms. The molecular formula is C19H25N3O6S2. The molecule has 1 aliphatic heterocycles. The number of carbonyl (C=O) groups is 2. The van der Waals surface area contributed by atoms with E-state index in [-0.39, 0.29) is 42.4 Å². The number of sulfonamides is 1. The normalized spacial score (nSPS) is 15.8. The van der Waals surface area contributed by atoms with Crippen LogP contribution in [0.3, 0.4) is 0 Å². The van der Waals surface area contributed by atoms with Crippen LogP contribution in [0.5, 0.6) is 0 Å². The summed E-state index contributed by atoms with van der Waals surface area (Å²) in [5.41, 5.74) is 0.969. The van der Waals surface area contributed by atoms with Gasteiger partial charge in [0, 0.05) is 23.9 Å². The fourth-order valence-corrected chi connectivity index (χ4v) is 5.56. The zero-order chi connectivity index (χ0) is 21.9. The molecule has 0 unspecified atom stereocenters. The van der Waals surface area contributed by atoms with E-state index in [0.717, 1.165) is 17.0 Å². The predicted molar refractivity (Wildman–Crippen MR) is 111 cm³/mol. The van der Waals surface area contributed by atoms with E-state index in [0.29, 0.717) is 18.0 Å². The van der Waals surface area contributed by atoms with Crippen molar-refractivity contribution in [1.82, 2.24) is 9.29 Å². The summed E-state index contributed by atoms with van der Waals surface area (Å²) in [6.45, 7) is 6.17. The van der Waals surface area contributed by atoms with Crippen LogP contribution in [0.25, 0.3) is 0 Å². The zero-order valence-corrected chi connectivity index (χ0v) is 18.8. The first-order valence-electron chi connectivity index (χ1n) is 9.80. The molecule has 0 aliphatic carbocycles. The van der Waals surface area contributed by atoms with E-state index in [1.165, 1.54) is 27.8 Å². The van der Waals surface area contributed by atoms with Crippen LogP contribution in [-0.4, -0.2) is 49.3 Å². The largest absolute Gasteiger partial charge is 0.460 e. The molecule has 0 saturated carbocycles. The Morgan fingerprint density at radius 3 is 2.60 bits per heavy atom. The lowest BCUT2D eigenvalue weighted by Crippen LogP contribution is -2.41. The lowest BCUT2D eigenvalue weighted by molar-refractivity contribution is -0.120. The van der Waals surface area contributed by atoms with Crippen LogP contribution >= 0.6 is 11.3 Å². The second-order valence-corrected chi connectivity index (χ2v) is 9.95. The molecule has 0 spiro atoms. The van der Waals surface area contributed by atoms with Gasteiger partial charge in [0.25, 0.3) is 10.0 Å². The molecule has 164 valence electrons. The number of nitrogens with zero attached hydrogens (tertiary/aromatic N) is 2. The lowest BCUT2D eigenvalue weighted by Gasteiger charge is -2.29. The molecule has 2 aromatic heterocycles. The maximum Gasteiger partial charge on any atom is 0.374 e. The third-order valence-electron chi connectivity index (χ3n) is 4.93. The van der Waals surface area contributed by atoms with Gasteiger partial charge in [-0.3, -0.25) is 4.79 Å². The standard InChI is InChI=1S/C19H25N3O6S2/c1-4-14-12(3)29-19(20-14)21-17(23)13-8-10-22(11-9-13)30(25,26)16-7-6-15(28-16)18(24)27-5-2/h6-7,13H,4-5,8-11H2,1-3H3,(H,20,21,23). The third kappa shape index (κ3) is 4.73. The summed E-state index contributed by atoms with van der Waals surface area (Å²) in [5, 5.41) is 3.12. The van der Waals surface area contributed by atoms with Crippen molar-refractivity contribution >= 4 is 38.4 Å². The molecule has 0 aromatic carbocycles. The van der Waals surface area contributed by atoms with Crippen molar-refractivity contribution in [3.8, 4) is 0 Å². The summed E-state index contributed by atoms with van der Waals surface area (Å²) in [4.78, 5) is 29.8. The number of anilines is 1. The number of hydrogen-bond donors (Lipinski definition) is 1. The number of thiazole rings is 1. The van der Waals surface area contributed by atoms with Gasteiger partial charge in [0.15, 0.2) is 5.13 Å². The molecule has 9 nitrogen and oxygen atoms in total. The molecule has 3 heterocycles. The molecular weight excluding hydrogens is 430 g/mol. The van der Waals surface area contributed by atoms with Gasteiger partial charge in [-0.2, -0.15) is 4.31 Å². The highest BCUT2D eigenvalue weighted by Crippen LogP contribution is 2.27. The summed E-state index contributed by atoms with van der Waals surface area (Å²) in [5.74, 6) is -1.31. The average Bonchev–Trinajstić information content (AvgIpc) is 3.35. The number of aromatic nitrogens is 1. The topological polar surface area (TPSA) is 119 Å². The second-order valence-electron chi connectivity index (χ2n) is 6.88. The van der Waals surface area contributed by atoms with Crippen LogP contribution < -0.4 is 5.32 Å². The number of hydrogen-bond acceptors (Lipinski definition) is 8. The van der Waals surface area contributed by atoms with E-state index in [1.807, 2.05) is 13.8 Å². The average molecular weight is 456 g/mol. The molecule has 0 bridgehead atoms. The monoisotopic (exact) mass is 455 g/mol. The van der Waals surface area contributed by atoms with Gasteiger partial charge < -0.3 is 14.5 Å². The number of rotatable bonds is 7. The number of ether oxygens (including phenoxy) is 1. The first-order chi connectivity index (χ1) is 14.3. The quantitative estimate of drug-likeness (QED) is 0.638. The zero-order valence-electron chi connectivity index (χ0n) is 17.1. The summed E-state index contributed by atoms with van der Waals surface area (Å²) >= 11 is 1.44. The van der Waals surface area contributed by atoms with Crippen molar-refractivity contribution in [3.05, 3.63) is 28.5 Å². The molecule has 0 radical (unpaired) electrons. The fraction of sp³-hybridized carbons (Fsp3) is 0.526. The van der Waals surface area contributed by atoms with Gasteiger partial charge in [-0.1, -0.05) is 6.92 Å². The van der Waals surface area contributed by atoms with Crippen LogP contribution in [0.2, 0.25) is 0 Å². The molecule has 0 atom stereocenters. The number of esters is 1. The van der Waals surface area contributed by atoms with E-state index in [4.69, 9.17) is 9.15 Å². The van der Waals surface area contributed by atoms with E-state index >= 15 is 0 Å². The SMILES string of the molecule is CCOC(=O)c1ccc(S(=O)(=O)N2CCC(C(=O)Nc3nc(CC)c(C)s3)CC2)o1. The van der Waals surface area contributed by atoms with Crippen molar-refractivity contribution in [2.24, 2.45) is 5.92 Å². The molecule has 1 amide bonds. The molecule has 1 saturated heterocycles. The maximum atomic E-state index is 12.8. The Morgan fingerprint density at radius 1 is 1.30 bits per heavy atom. The van der Waals surface area contributed by atoms with Gasteiger partial charge in [0.05, 0.1) is 12.3 Å². The molecule has 30 heavy (non-hydrogen) atoms. The third-order valence-corrected chi connectivity index (χ3v) is 7.64. The van der Waals surface area contributed by atoms with Gasteiger partial charge >= 0.3 is 5.97 Å². The Labute approximate surface area is 179 Å². The van der Waals surface area contributed by atoms with Gasteiger partial charge in [0.1, 0.15) is 0 Å². The fourth-order valence-electron chi connectivity index (χ4n) is 3.27. The first-order valence-corrected chi connectivity index (χ1v) is 12.1. The van der Waals surface area contributed by atoms with Crippen LogP contribution in [-0.2, 0) is 26.0 Å². The Balaban J connectivity index is 1.60. The minimum absolute atomic E-state index is 0.147. The minimum atomic E-state index is -3.89. The highest BCUT2D eigenvalue weighted by Gasteiger charge is 2.34.